The average Bonchev–Trinajstić information content (AvgIpc) is 2.70. The van der Waals surface area contributed by atoms with Crippen LogP contribution in [0.1, 0.15) is 5.69 Å². The minimum absolute atomic E-state index is 0.884. The normalized spacial score (nSPS) is 10.5. The summed E-state index contributed by atoms with van der Waals surface area (Å²) in [5.41, 5.74) is 2.32. The highest BCUT2D eigenvalue weighted by Gasteiger charge is 2.01. The van der Waals surface area contributed by atoms with Gasteiger partial charge in [-0.05, 0) is 40.2 Å². The van der Waals surface area contributed by atoms with E-state index < -0.39 is 0 Å². The number of aromatic nitrogens is 2. The smallest absolute Gasteiger partial charge is 0.0496 e. The number of benzene rings is 1. The summed E-state index contributed by atoms with van der Waals surface area (Å²) in [6.45, 7) is 0.884. The molecule has 2 rings (SSSR count). The fourth-order valence-corrected chi connectivity index (χ4v) is 2.35. The van der Waals surface area contributed by atoms with E-state index >= 15 is 0 Å². The number of aryl methyl sites for hydroxylation is 1. The minimum Gasteiger partial charge on any atom is -0.384 e. The molecule has 90 valence electrons. The van der Waals surface area contributed by atoms with Crippen LogP contribution in [-0.4, -0.2) is 16.3 Å². The maximum Gasteiger partial charge on any atom is 0.0496 e. The van der Waals surface area contributed by atoms with Crippen LogP contribution in [0, 0.1) is 0 Å². The van der Waals surface area contributed by atoms with E-state index in [1.807, 2.05) is 36.1 Å². The lowest BCUT2D eigenvalue weighted by molar-refractivity contribution is 0.711. The first-order valence-corrected chi connectivity index (χ1v) is 6.91. The number of rotatable bonds is 4. The molecule has 1 N–H and O–H groups in total. The lowest BCUT2D eigenvalue weighted by Gasteiger charge is -2.09. The molecule has 0 bridgehead atoms. The van der Waals surface area contributed by atoms with Gasteiger partial charge < -0.3 is 5.32 Å². The molecule has 0 unspecified atom stereocenters. The summed E-state index contributed by atoms with van der Waals surface area (Å²) in [5, 5.41) is 7.55. The summed E-state index contributed by atoms with van der Waals surface area (Å²) in [4.78, 5) is 0. The summed E-state index contributed by atoms with van der Waals surface area (Å²) < 4.78 is 4.05. The fraction of sp³-hybridized carbons (Fsp3) is 0.250. The van der Waals surface area contributed by atoms with Crippen molar-refractivity contribution in [2.75, 3.05) is 11.9 Å². The van der Waals surface area contributed by atoms with Crippen molar-refractivity contribution in [2.24, 2.45) is 7.05 Å². The highest BCUT2D eigenvalue weighted by atomic mass is 79.9. The first-order chi connectivity index (χ1) is 8.16. The molecular formula is C12H13Br2N3. The van der Waals surface area contributed by atoms with Crippen LogP contribution in [-0.2, 0) is 13.5 Å². The van der Waals surface area contributed by atoms with Crippen molar-refractivity contribution in [3.05, 3.63) is 45.1 Å². The molecule has 1 aromatic heterocycles. The Morgan fingerprint density at radius 3 is 2.82 bits per heavy atom. The summed E-state index contributed by atoms with van der Waals surface area (Å²) in [6.07, 6.45) is 2.78. The van der Waals surface area contributed by atoms with Gasteiger partial charge in [0.2, 0.25) is 0 Å². The second-order valence-corrected chi connectivity index (χ2v) is 5.52. The molecule has 17 heavy (non-hydrogen) atoms. The third-order valence-corrected chi connectivity index (χ3v) is 3.73. The van der Waals surface area contributed by atoms with Crippen LogP contribution < -0.4 is 5.32 Å². The van der Waals surface area contributed by atoms with Crippen LogP contribution >= 0.6 is 31.9 Å². The Morgan fingerprint density at radius 1 is 1.29 bits per heavy atom. The number of nitrogens with one attached hydrogen (secondary N) is 1. The molecule has 3 nitrogen and oxygen atoms in total. The maximum absolute atomic E-state index is 4.15. The van der Waals surface area contributed by atoms with Crippen molar-refractivity contribution < 1.29 is 0 Å². The van der Waals surface area contributed by atoms with Crippen molar-refractivity contribution in [3.63, 3.8) is 0 Å². The standard InChI is InChI=1S/C12H13Br2N3/c1-17-10(5-7-16-17)4-6-15-12-8-9(13)2-3-11(12)14/h2-3,5,7-8,15H,4,6H2,1H3. The Kier molecular flexibility index (Phi) is 4.23. The summed E-state index contributed by atoms with van der Waals surface area (Å²) in [5.74, 6) is 0. The quantitative estimate of drug-likeness (QED) is 0.904. The lowest BCUT2D eigenvalue weighted by Crippen LogP contribution is -2.08. The van der Waals surface area contributed by atoms with E-state index in [1.165, 1.54) is 5.69 Å². The molecule has 0 aliphatic rings. The van der Waals surface area contributed by atoms with Crippen molar-refractivity contribution >= 4 is 37.5 Å². The second kappa shape index (κ2) is 5.69. The zero-order valence-electron chi connectivity index (χ0n) is 9.45. The summed E-state index contributed by atoms with van der Waals surface area (Å²) in [6, 6.07) is 8.14. The van der Waals surface area contributed by atoms with Crippen LogP contribution in [0.15, 0.2) is 39.4 Å². The number of hydrogen-bond donors (Lipinski definition) is 1. The third kappa shape index (κ3) is 3.33. The monoisotopic (exact) mass is 357 g/mol. The molecule has 1 heterocycles. The van der Waals surface area contributed by atoms with Crippen LogP contribution in [0.2, 0.25) is 0 Å². The predicted molar refractivity (Wildman–Crippen MR) is 77.2 cm³/mol. The molecule has 0 saturated heterocycles. The van der Waals surface area contributed by atoms with Crippen LogP contribution in [0.25, 0.3) is 0 Å². The molecule has 0 atom stereocenters. The van der Waals surface area contributed by atoms with E-state index in [-0.39, 0.29) is 0 Å². The van der Waals surface area contributed by atoms with Gasteiger partial charge in [-0.3, -0.25) is 4.68 Å². The van der Waals surface area contributed by atoms with Gasteiger partial charge in [0.1, 0.15) is 0 Å². The second-order valence-electron chi connectivity index (χ2n) is 3.75. The maximum atomic E-state index is 4.15. The van der Waals surface area contributed by atoms with Crippen molar-refractivity contribution in [3.8, 4) is 0 Å². The molecule has 1 aromatic carbocycles. The van der Waals surface area contributed by atoms with E-state index in [4.69, 9.17) is 0 Å². The largest absolute Gasteiger partial charge is 0.384 e. The van der Waals surface area contributed by atoms with Gasteiger partial charge >= 0.3 is 0 Å². The van der Waals surface area contributed by atoms with E-state index in [9.17, 15) is 0 Å². The molecule has 0 saturated carbocycles. The SMILES string of the molecule is Cn1nccc1CCNc1cc(Br)ccc1Br. The number of halogens is 2. The number of nitrogens with zero attached hydrogens (tertiary/aromatic N) is 2. The summed E-state index contributed by atoms with van der Waals surface area (Å²) in [7, 11) is 1.96. The van der Waals surface area contributed by atoms with Gasteiger partial charge in [-0.2, -0.15) is 5.10 Å². The Morgan fingerprint density at radius 2 is 2.12 bits per heavy atom. The van der Waals surface area contributed by atoms with Gasteiger partial charge in [0.25, 0.3) is 0 Å². The highest BCUT2D eigenvalue weighted by molar-refractivity contribution is 9.11. The Bertz CT molecular complexity index is 508. The highest BCUT2D eigenvalue weighted by Crippen LogP contribution is 2.25. The molecular weight excluding hydrogens is 346 g/mol. The van der Waals surface area contributed by atoms with Gasteiger partial charge in [0, 0.05) is 46.5 Å². The van der Waals surface area contributed by atoms with E-state index in [0.29, 0.717) is 0 Å². The fourth-order valence-electron chi connectivity index (χ4n) is 1.60. The van der Waals surface area contributed by atoms with Gasteiger partial charge in [-0.25, -0.2) is 0 Å². The molecule has 0 aliphatic carbocycles. The Hall–Kier alpha value is -0.810. The molecule has 5 heteroatoms. The molecule has 0 fully saturated rings. The van der Waals surface area contributed by atoms with Crippen molar-refractivity contribution in [1.29, 1.82) is 0 Å². The van der Waals surface area contributed by atoms with E-state index in [1.54, 1.807) is 0 Å². The zero-order chi connectivity index (χ0) is 12.3. The van der Waals surface area contributed by atoms with Crippen LogP contribution in [0.3, 0.4) is 0 Å². The van der Waals surface area contributed by atoms with Crippen LogP contribution in [0.5, 0.6) is 0 Å². The first kappa shape index (κ1) is 12.6. The van der Waals surface area contributed by atoms with E-state index in [0.717, 1.165) is 27.6 Å². The minimum atomic E-state index is 0.884. The molecule has 0 spiro atoms. The number of anilines is 1. The van der Waals surface area contributed by atoms with Gasteiger partial charge in [-0.15, -0.1) is 0 Å². The topological polar surface area (TPSA) is 29.9 Å². The van der Waals surface area contributed by atoms with Gasteiger partial charge in [0.15, 0.2) is 0 Å². The Labute approximate surface area is 117 Å². The molecule has 2 aromatic rings. The van der Waals surface area contributed by atoms with Gasteiger partial charge in [-0.1, -0.05) is 15.9 Å². The van der Waals surface area contributed by atoms with E-state index in [2.05, 4.69) is 48.3 Å². The molecule has 0 amide bonds. The van der Waals surface area contributed by atoms with Crippen molar-refractivity contribution in [1.82, 2.24) is 9.78 Å². The zero-order valence-corrected chi connectivity index (χ0v) is 12.6. The average molecular weight is 359 g/mol. The third-order valence-electron chi connectivity index (χ3n) is 2.55. The van der Waals surface area contributed by atoms with Gasteiger partial charge in [0.05, 0.1) is 0 Å². The molecule has 0 radical (unpaired) electrons. The molecule has 0 aliphatic heterocycles. The lowest BCUT2D eigenvalue weighted by atomic mass is 10.3. The summed E-state index contributed by atoms with van der Waals surface area (Å²) >= 11 is 6.99. The number of hydrogen-bond acceptors (Lipinski definition) is 2. The van der Waals surface area contributed by atoms with Crippen LogP contribution in [0.4, 0.5) is 5.69 Å². The first-order valence-electron chi connectivity index (χ1n) is 5.32. The Balaban J connectivity index is 1.94. The van der Waals surface area contributed by atoms with Crippen molar-refractivity contribution in [2.45, 2.75) is 6.42 Å². The predicted octanol–water partition coefficient (Wildman–Crippen LogP) is 3.60.